The Balaban J connectivity index is 1.49. The van der Waals surface area contributed by atoms with Crippen molar-refractivity contribution in [2.75, 3.05) is 37.6 Å². The SMILES string of the molecule is CC1(C)CCC[C@](C)(C#CCN2CCN(c3ccccc3)CC2)O1. The molecule has 1 aromatic rings. The first-order valence-electron chi connectivity index (χ1n) is 9.18. The molecule has 0 unspecified atom stereocenters. The average Bonchev–Trinajstić information content (AvgIpc) is 2.55. The van der Waals surface area contributed by atoms with Crippen molar-refractivity contribution in [3.05, 3.63) is 30.3 Å². The van der Waals surface area contributed by atoms with Crippen LogP contribution in [0.3, 0.4) is 0 Å². The van der Waals surface area contributed by atoms with Crippen molar-refractivity contribution >= 4 is 5.69 Å². The third-order valence-electron chi connectivity index (χ3n) is 5.08. The molecule has 2 heterocycles. The molecule has 24 heavy (non-hydrogen) atoms. The zero-order valence-electron chi connectivity index (χ0n) is 15.3. The summed E-state index contributed by atoms with van der Waals surface area (Å²) in [4.78, 5) is 4.90. The molecule has 1 aromatic carbocycles. The highest BCUT2D eigenvalue weighted by Crippen LogP contribution is 2.34. The second-order valence-corrected chi connectivity index (χ2v) is 7.85. The second-order valence-electron chi connectivity index (χ2n) is 7.85. The fraction of sp³-hybridized carbons (Fsp3) is 0.619. The molecule has 2 fully saturated rings. The van der Waals surface area contributed by atoms with Crippen LogP contribution in [0, 0.1) is 11.8 Å². The summed E-state index contributed by atoms with van der Waals surface area (Å²) < 4.78 is 6.23. The maximum absolute atomic E-state index is 6.23. The smallest absolute Gasteiger partial charge is 0.126 e. The molecule has 2 saturated heterocycles. The van der Waals surface area contributed by atoms with Crippen LogP contribution in [0.25, 0.3) is 0 Å². The second kappa shape index (κ2) is 7.17. The van der Waals surface area contributed by atoms with E-state index in [0.717, 1.165) is 45.6 Å². The Morgan fingerprint density at radius 2 is 1.71 bits per heavy atom. The van der Waals surface area contributed by atoms with Gasteiger partial charge in [0.2, 0.25) is 0 Å². The third kappa shape index (κ3) is 4.53. The summed E-state index contributed by atoms with van der Waals surface area (Å²) in [5.41, 5.74) is 1.02. The molecule has 3 heteroatoms. The van der Waals surface area contributed by atoms with Crippen molar-refractivity contribution in [1.82, 2.24) is 4.90 Å². The van der Waals surface area contributed by atoms with Gasteiger partial charge in [0, 0.05) is 31.9 Å². The number of para-hydroxylation sites is 1. The molecule has 0 radical (unpaired) electrons. The Morgan fingerprint density at radius 3 is 2.38 bits per heavy atom. The van der Waals surface area contributed by atoms with Gasteiger partial charge in [0.1, 0.15) is 5.60 Å². The van der Waals surface area contributed by atoms with Gasteiger partial charge in [-0.15, -0.1) is 0 Å². The summed E-state index contributed by atoms with van der Waals surface area (Å²) in [7, 11) is 0. The Bertz CT molecular complexity index is 593. The molecule has 0 N–H and O–H groups in total. The van der Waals surface area contributed by atoms with Gasteiger partial charge in [-0.1, -0.05) is 30.0 Å². The first kappa shape index (κ1) is 17.3. The molecular weight excluding hydrogens is 296 g/mol. The zero-order chi connectivity index (χ0) is 17.0. The first-order valence-corrected chi connectivity index (χ1v) is 9.18. The van der Waals surface area contributed by atoms with Crippen molar-refractivity contribution in [2.24, 2.45) is 0 Å². The van der Waals surface area contributed by atoms with E-state index in [1.807, 2.05) is 0 Å². The molecule has 0 amide bonds. The highest BCUT2D eigenvalue weighted by Gasteiger charge is 2.35. The van der Waals surface area contributed by atoms with Crippen LogP contribution in [0.1, 0.15) is 40.0 Å². The van der Waals surface area contributed by atoms with Crippen LogP contribution in [0.4, 0.5) is 5.69 Å². The molecule has 2 aliphatic rings. The summed E-state index contributed by atoms with van der Waals surface area (Å²) in [6.07, 6.45) is 3.38. The molecule has 1 atom stereocenters. The van der Waals surface area contributed by atoms with Gasteiger partial charge < -0.3 is 9.64 Å². The van der Waals surface area contributed by atoms with Gasteiger partial charge in [0.25, 0.3) is 0 Å². The Hall–Kier alpha value is -1.50. The molecule has 0 bridgehead atoms. The first-order chi connectivity index (χ1) is 11.5. The fourth-order valence-electron chi connectivity index (χ4n) is 3.79. The highest BCUT2D eigenvalue weighted by atomic mass is 16.5. The molecule has 0 saturated carbocycles. The molecule has 0 spiro atoms. The number of hydrogen-bond acceptors (Lipinski definition) is 3. The predicted octanol–water partition coefficient (Wildman–Crippen LogP) is 3.55. The van der Waals surface area contributed by atoms with Gasteiger partial charge >= 0.3 is 0 Å². The van der Waals surface area contributed by atoms with E-state index in [2.05, 4.69) is 72.7 Å². The highest BCUT2D eigenvalue weighted by molar-refractivity contribution is 5.46. The van der Waals surface area contributed by atoms with E-state index in [1.54, 1.807) is 0 Å². The van der Waals surface area contributed by atoms with Gasteiger partial charge in [0.05, 0.1) is 12.1 Å². The number of hydrogen-bond donors (Lipinski definition) is 0. The minimum absolute atomic E-state index is 0.0387. The van der Waals surface area contributed by atoms with Crippen molar-refractivity contribution in [1.29, 1.82) is 0 Å². The van der Waals surface area contributed by atoms with Gasteiger partial charge in [0.15, 0.2) is 0 Å². The third-order valence-corrected chi connectivity index (χ3v) is 5.08. The minimum atomic E-state index is -0.270. The van der Waals surface area contributed by atoms with E-state index in [0.29, 0.717) is 0 Å². The maximum atomic E-state index is 6.23. The van der Waals surface area contributed by atoms with Gasteiger partial charge in [-0.05, 0) is 52.2 Å². The van der Waals surface area contributed by atoms with Crippen LogP contribution in [-0.4, -0.2) is 48.8 Å². The number of ether oxygens (including phenoxy) is 1. The number of benzene rings is 1. The van der Waals surface area contributed by atoms with E-state index in [1.165, 1.54) is 12.1 Å². The quantitative estimate of drug-likeness (QED) is 0.773. The standard InChI is InChI=1S/C21H30N2O/c1-20(2)11-7-12-21(3,24-20)13-8-14-22-15-17-23(18-16-22)19-9-5-4-6-10-19/h4-6,9-10H,7,11-12,14-18H2,1-3H3/t21-/m1/s1. The lowest BCUT2D eigenvalue weighted by Gasteiger charge is -2.40. The van der Waals surface area contributed by atoms with E-state index in [4.69, 9.17) is 4.74 Å². The van der Waals surface area contributed by atoms with E-state index >= 15 is 0 Å². The van der Waals surface area contributed by atoms with Crippen molar-refractivity contribution in [3.8, 4) is 11.8 Å². The molecule has 0 aromatic heterocycles. The fourth-order valence-corrected chi connectivity index (χ4v) is 3.79. The summed E-state index contributed by atoms with van der Waals surface area (Å²) in [5.74, 6) is 6.81. The molecular formula is C21H30N2O. The van der Waals surface area contributed by atoms with Crippen molar-refractivity contribution < 1.29 is 4.74 Å². The molecule has 0 aliphatic carbocycles. The Morgan fingerprint density at radius 1 is 1.00 bits per heavy atom. The van der Waals surface area contributed by atoms with Crippen LogP contribution < -0.4 is 4.90 Å². The lowest BCUT2D eigenvalue weighted by atomic mass is 9.88. The number of anilines is 1. The molecule has 3 nitrogen and oxygen atoms in total. The molecule has 3 rings (SSSR count). The van der Waals surface area contributed by atoms with Crippen LogP contribution >= 0.6 is 0 Å². The topological polar surface area (TPSA) is 15.7 Å². The summed E-state index contributed by atoms with van der Waals surface area (Å²) in [6.45, 7) is 11.7. The van der Waals surface area contributed by atoms with E-state index in [9.17, 15) is 0 Å². The number of nitrogens with zero attached hydrogens (tertiary/aromatic N) is 2. The summed E-state index contributed by atoms with van der Waals surface area (Å²) in [5, 5.41) is 0. The lowest BCUT2D eigenvalue weighted by Crippen LogP contribution is -2.46. The molecule has 130 valence electrons. The monoisotopic (exact) mass is 326 g/mol. The van der Waals surface area contributed by atoms with Crippen LogP contribution in [0.2, 0.25) is 0 Å². The minimum Gasteiger partial charge on any atom is -0.369 e. The van der Waals surface area contributed by atoms with Gasteiger partial charge in [-0.25, -0.2) is 0 Å². The molecule has 2 aliphatic heterocycles. The van der Waals surface area contributed by atoms with E-state index < -0.39 is 0 Å². The Kier molecular flexibility index (Phi) is 5.18. The zero-order valence-corrected chi connectivity index (χ0v) is 15.3. The number of piperazine rings is 1. The van der Waals surface area contributed by atoms with Crippen LogP contribution in [0.15, 0.2) is 30.3 Å². The Labute approximate surface area is 147 Å². The van der Waals surface area contributed by atoms with Crippen molar-refractivity contribution in [2.45, 2.75) is 51.2 Å². The summed E-state index contributed by atoms with van der Waals surface area (Å²) in [6, 6.07) is 10.7. The average molecular weight is 326 g/mol. The summed E-state index contributed by atoms with van der Waals surface area (Å²) >= 11 is 0. The van der Waals surface area contributed by atoms with Crippen LogP contribution in [-0.2, 0) is 4.74 Å². The van der Waals surface area contributed by atoms with Gasteiger partial charge in [-0.3, -0.25) is 4.90 Å². The largest absolute Gasteiger partial charge is 0.369 e. The maximum Gasteiger partial charge on any atom is 0.126 e. The lowest BCUT2D eigenvalue weighted by molar-refractivity contribution is -0.135. The normalized spacial score (nSPS) is 27.4. The van der Waals surface area contributed by atoms with Crippen molar-refractivity contribution in [3.63, 3.8) is 0 Å². The van der Waals surface area contributed by atoms with Crippen LogP contribution in [0.5, 0.6) is 0 Å². The van der Waals surface area contributed by atoms with E-state index in [-0.39, 0.29) is 11.2 Å². The predicted molar refractivity (Wildman–Crippen MR) is 100 cm³/mol. The number of rotatable bonds is 2. The van der Waals surface area contributed by atoms with Gasteiger partial charge in [-0.2, -0.15) is 0 Å².